The van der Waals surface area contributed by atoms with Crippen molar-refractivity contribution >= 4 is 21.1 Å². The minimum atomic E-state index is -3.64. The van der Waals surface area contributed by atoms with Crippen molar-refractivity contribution in [2.75, 3.05) is 26.2 Å². The molecule has 8 nitrogen and oxygen atoms in total. The first-order valence-corrected chi connectivity index (χ1v) is 10.2. The molecule has 3 aromatic rings. The van der Waals surface area contributed by atoms with E-state index in [0.29, 0.717) is 37.3 Å². The van der Waals surface area contributed by atoms with Crippen molar-refractivity contribution in [1.82, 2.24) is 19.2 Å². The maximum absolute atomic E-state index is 13.0. The lowest BCUT2D eigenvalue weighted by Gasteiger charge is -2.21. The Hall–Kier alpha value is -2.49. The smallest absolute Gasteiger partial charge is 0.408 e. The number of aromatic nitrogens is 2. The number of rotatable bonds is 4. The van der Waals surface area contributed by atoms with E-state index in [1.54, 1.807) is 6.20 Å². The molecule has 1 aromatic carbocycles. The van der Waals surface area contributed by atoms with Gasteiger partial charge in [-0.2, -0.15) is 4.31 Å². The van der Waals surface area contributed by atoms with Crippen LogP contribution in [0.1, 0.15) is 12.1 Å². The summed E-state index contributed by atoms with van der Waals surface area (Å²) in [4.78, 5) is 20.5. The van der Waals surface area contributed by atoms with E-state index in [1.165, 1.54) is 22.5 Å². The highest BCUT2D eigenvalue weighted by atomic mass is 32.2. The SMILES string of the molecule is O=c1[nH]c2cc(S(=O)(=O)N3CCCN(Cc4ccccn4)CC3)ccc2o1. The Labute approximate surface area is 156 Å². The van der Waals surface area contributed by atoms with Gasteiger partial charge in [-0.25, -0.2) is 13.2 Å². The summed E-state index contributed by atoms with van der Waals surface area (Å²) in [7, 11) is -3.64. The molecule has 0 aliphatic carbocycles. The number of hydrogen-bond acceptors (Lipinski definition) is 6. The van der Waals surface area contributed by atoms with Gasteiger partial charge in [-0.3, -0.25) is 14.9 Å². The van der Waals surface area contributed by atoms with Crippen molar-refractivity contribution in [2.45, 2.75) is 17.9 Å². The first-order valence-electron chi connectivity index (χ1n) is 8.78. The first-order chi connectivity index (χ1) is 13.0. The highest BCUT2D eigenvalue weighted by Gasteiger charge is 2.27. The zero-order valence-corrected chi connectivity index (χ0v) is 15.5. The molecular weight excluding hydrogens is 368 g/mol. The van der Waals surface area contributed by atoms with Gasteiger partial charge in [0, 0.05) is 32.4 Å². The van der Waals surface area contributed by atoms with Gasteiger partial charge >= 0.3 is 5.76 Å². The summed E-state index contributed by atoms with van der Waals surface area (Å²) >= 11 is 0. The van der Waals surface area contributed by atoms with E-state index in [2.05, 4.69) is 14.9 Å². The van der Waals surface area contributed by atoms with E-state index < -0.39 is 15.8 Å². The van der Waals surface area contributed by atoms with Crippen molar-refractivity contribution in [3.8, 4) is 0 Å². The van der Waals surface area contributed by atoms with Crippen LogP contribution in [0.25, 0.3) is 11.1 Å². The summed E-state index contributed by atoms with van der Waals surface area (Å²) in [5.74, 6) is -0.598. The topological polar surface area (TPSA) is 99.5 Å². The molecule has 0 atom stereocenters. The maximum Gasteiger partial charge on any atom is 0.417 e. The number of sulfonamides is 1. The number of fused-ring (bicyclic) bond motifs is 1. The van der Waals surface area contributed by atoms with Crippen LogP contribution in [0.15, 0.2) is 56.7 Å². The van der Waals surface area contributed by atoms with E-state index >= 15 is 0 Å². The fourth-order valence-electron chi connectivity index (χ4n) is 3.31. The fraction of sp³-hybridized carbons (Fsp3) is 0.333. The maximum atomic E-state index is 13.0. The van der Waals surface area contributed by atoms with E-state index in [0.717, 1.165) is 18.7 Å². The number of oxazole rings is 1. The third-order valence-electron chi connectivity index (χ3n) is 4.69. The number of pyridine rings is 1. The molecule has 4 rings (SSSR count). The van der Waals surface area contributed by atoms with E-state index in [1.807, 2.05) is 18.2 Å². The average molecular weight is 388 g/mol. The van der Waals surface area contributed by atoms with Crippen LogP contribution < -0.4 is 5.76 Å². The summed E-state index contributed by atoms with van der Waals surface area (Å²) in [6.07, 6.45) is 2.51. The van der Waals surface area contributed by atoms with Gasteiger partial charge in [0.25, 0.3) is 0 Å². The number of hydrogen-bond donors (Lipinski definition) is 1. The zero-order valence-electron chi connectivity index (χ0n) is 14.7. The quantitative estimate of drug-likeness (QED) is 0.726. The van der Waals surface area contributed by atoms with Crippen molar-refractivity contribution in [3.05, 3.63) is 58.8 Å². The van der Waals surface area contributed by atoms with E-state index in [9.17, 15) is 13.2 Å². The predicted octanol–water partition coefficient (Wildman–Crippen LogP) is 1.41. The van der Waals surface area contributed by atoms with Gasteiger partial charge in [-0.15, -0.1) is 0 Å². The lowest BCUT2D eigenvalue weighted by molar-refractivity contribution is 0.275. The normalized spacial score (nSPS) is 17.2. The van der Waals surface area contributed by atoms with Gasteiger partial charge in [-0.05, 0) is 43.3 Å². The van der Waals surface area contributed by atoms with Crippen molar-refractivity contribution in [3.63, 3.8) is 0 Å². The van der Waals surface area contributed by atoms with Crippen LogP contribution in [-0.4, -0.2) is 53.8 Å². The van der Waals surface area contributed by atoms with Crippen molar-refractivity contribution in [2.24, 2.45) is 0 Å². The third kappa shape index (κ3) is 3.80. The summed E-state index contributed by atoms with van der Waals surface area (Å²) in [5, 5.41) is 0. The Morgan fingerprint density at radius 1 is 1.11 bits per heavy atom. The molecule has 1 N–H and O–H groups in total. The van der Waals surface area contributed by atoms with Crippen LogP contribution in [0.2, 0.25) is 0 Å². The Balaban J connectivity index is 1.50. The van der Waals surface area contributed by atoms with Crippen molar-refractivity contribution in [1.29, 1.82) is 0 Å². The number of H-pyrrole nitrogens is 1. The highest BCUT2D eigenvalue weighted by molar-refractivity contribution is 7.89. The molecule has 142 valence electrons. The van der Waals surface area contributed by atoms with Crippen LogP contribution >= 0.6 is 0 Å². The Morgan fingerprint density at radius 3 is 2.81 bits per heavy atom. The molecular formula is C18H20N4O4S. The van der Waals surface area contributed by atoms with Crippen molar-refractivity contribution < 1.29 is 12.8 Å². The van der Waals surface area contributed by atoms with Crippen LogP contribution in [0.3, 0.4) is 0 Å². The molecule has 1 aliphatic rings. The van der Waals surface area contributed by atoms with Crippen LogP contribution in [0.5, 0.6) is 0 Å². The summed E-state index contributed by atoms with van der Waals surface area (Å²) in [5.41, 5.74) is 1.70. The minimum Gasteiger partial charge on any atom is -0.408 e. The highest BCUT2D eigenvalue weighted by Crippen LogP contribution is 2.21. The lowest BCUT2D eigenvalue weighted by Crippen LogP contribution is -2.35. The molecule has 27 heavy (non-hydrogen) atoms. The van der Waals surface area contributed by atoms with E-state index in [-0.39, 0.29) is 4.90 Å². The number of nitrogens with zero attached hydrogens (tertiary/aromatic N) is 3. The molecule has 0 saturated carbocycles. The number of benzene rings is 1. The second kappa shape index (κ2) is 7.26. The van der Waals surface area contributed by atoms with Gasteiger partial charge in [0.1, 0.15) is 0 Å². The van der Waals surface area contributed by atoms with Gasteiger partial charge in [0.2, 0.25) is 10.0 Å². The molecule has 1 aliphatic heterocycles. The monoisotopic (exact) mass is 388 g/mol. The second-order valence-electron chi connectivity index (χ2n) is 6.53. The molecule has 0 radical (unpaired) electrons. The molecule has 9 heteroatoms. The van der Waals surface area contributed by atoms with Crippen LogP contribution in [-0.2, 0) is 16.6 Å². The van der Waals surface area contributed by atoms with Crippen LogP contribution in [0, 0.1) is 0 Å². The fourth-order valence-corrected chi connectivity index (χ4v) is 4.80. The zero-order chi connectivity index (χ0) is 18.9. The van der Waals surface area contributed by atoms with Gasteiger partial charge < -0.3 is 4.42 Å². The average Bonchev–Trinajstić information content (AvgIpc) is 2.87. The molecule has 0 spiro atoms. The minimum absolute atomic E-state index is 0.158. The Bertz CT molecular complexity index is 1090. The first kappa shape index (κ1) is 17.9. The molecule has 0 amide bonds. The third-order valence-corrected chi connectivity index (χ3v) is 6.58. The predicted molar refractivity (Wildman–Crippen MR) is 99.7 cm³/mol. The lowest BCUT2D eigenvalue weighted by atomic mass is 10.3. The molecule has 0 bridgehead atoms. The molecule has 3 heterocycles. The molecule has 2 aromatic heterocycles. The summed E-state index contributed by atoms with van der Waals surface area (Å²) in [6, 6.07) is 10.2. The Kier molecular flexibility index (Phi) is 4.81. The van der Waals surface area contributed by atoms with E-state index in [4.69, 9.17) is 4.42 Å². The molecule has 1 saturated heterocycles. The standard InChI is InChI=1S/C18H20N4O4S/c23-18-20-16-12-15(5-6-17(16)26-18)27(24,25)22-9-3-8-21(10-11-22)13-14-4-1-2-7-19-14/h1-2,4-7,12H,3,8-11,13H2,(H,20,23). The molecule has 0 unspecified atom stereocenters. The summed E-state index contributed by atoms with van der Waals surface area (Å²) < 4.78 is 32.5. The summed E-state index contributed by atoms with van der Waals surface area (Å²) in [6.45, 7) is 3.03. The molecule has 1 fully saturated rings. The van der Waals surface area contributed by atoms with Gasteiger partial charge in [-0.1, -0.05) is 6.07 Å². The van der Waals surface area contributed by atoms with Gasteiger partial charge in [0.15, 0.2) is 5.58 Å². The number of aromatic amines is 1. The Morgan fingerprint density at radius 2 is 2.00 bits per heavy atom. The largest absolute Gasteiger partial charge is 0.417 e. The van der Waals surface area contributed by atoms with Crippen LogP contribution in [0.4, 0.5) is 0 Å². The number of nitrogens with one attached hydrogen (secondary N) is 1. The second-order valence-corrected chi connectivity index (χ2v) is 8.47. The van der Waals surface area contributed by atoms with Gasteiger partial charge in [0.05, 0.1) is 16.1 Å².